The average Bonchev–Trinajstić information content (AvgIpc) is 2.86. The highest BCUT2D eigenvalue weighted by atomic mass is 32.2. The number of aromatic nitrogens is 1. The zero-order chi connectivity index (χ0) is 17.0. The first kappa shape index (κ1) is 17.3. The van der Waals surface area contributed by atoms with Crippen molar-refractivity contribution >= 4 is 34.5 Å². The molecule has 0 fully saturated rings. The first-order chi connectivity index (χ1) is 11.0. The smallest absolute Gasteiger partial charge is 0.328 e. The van der Waals surface area contributed by atoms with Crippen LogP contribution >= 0.6 is 11.8 Å². The summed E-state index contributed by atoms with van der Waals surface area (Å²) in [4.78, 5) is 24.3. The van der Waals surface area contributed by atoms with E-state index >= 15 is 0 Å². The van der Waals surface area contributed by atoms with Crippen LogP contribution in [0.25, 0.3) is 10.9 Å². The molecule has 124 valence electrons. The van der Waals surface area contributed by atoms with Crippen molar-refractivity contribution in [2.24, 2.45) is 7.05 Å². The predicted octanol–water partition coefficient (Wildman–Crippen LogP) is 2.34. The summed E-state index contributed by atoms with van der Waals surface area (Å²) in [5.41, 5.74) is 1.11. The van der Waals surface area contributed by atoms with Crippen LogP contribution in [0.15, 0.2) is 24.3 Å². The number of thioether (sulfide) groups is 1. The van der Waals surface area contributed by atoms with E-state index in [0.717, 1.165) is 11.3 Å². The van der Waals surface area contributed by atoms with Crippen LogP contribution in [0.3, 0.4) is 0 Å². The van der Waals surface area contributed by atoms with Crippen molar-refractivity contribution < 1.29 is 18.7 Å². The molecular weight excluding hydrogens is 319 g/mol. The number of aryl methyl sites for hydroxylation is 1. The molecular formula is C16H19FN2O3S. The second kappa shape index (κ2) is 7.50. The molecule has 0 saturated heterocycles. The zero-order valence-corrected chi connectivity index (χ0v) is 14.1. The summed E-state index contributed by atoms with van der Waals surface area (Å²) >= 11 is 1.58. The number of fused-ring (bicyclic) bond motifs is 1. The van der Waals surface area contributed by atoms with Gasteiger partial charge in [0.15, 0.2) is 0 Å². The number of hydrogen-bond donors (Lipinski definition) is 1. The quantitative estimate of drug-likeness (QED) is 0.822. The van der Waals surface area contributed by atoms with Gasteiger partial charge in [-0.1, -0.05) is 0 Å². The van der Waals surface area contributed by atoms with E-state index in [1.807, 2.05) is 6.26 Å². The number of esters is 1. The minimum absolute atomic E-state index is 0.359. The van der Waals surface area contributed by atoms with Gasteiger partial charge in [-0.3, -0.25) is 4.79 Å². The lowest BCUT2D eigenvalue weighted by Gasteiger charge is -2.16. The predicted molar refractivity (Wildman–Crippen MR) is 89.1 cm³/mol. The van der Waals surface area contributed by atoms with E-state index in [9.17, 15) is 14.0 Å². The normalized spacial score (nSPS) is 12.2. The van der Waals surface area contributed by atoms with E-state index in [2.05, 4.69) is 5.32 Å². The van der Waals surface area contributed by atoms with E-state index < -0.39 is 12.0 Å². The third kappa shape index (κ3) is 3.85. The molecule has 2 aromatic rings. The molecule has 1 N–H and O–H groups in total. The fraction of sp³-hybridized carbons (Fsp3) is 0.375. The minimum Gasteiger partial charge on any atom is -0.467 e. The fourth-order valence-corrected chi connectivity index (χ4v) is 2.87. The molecule has 0 unspecified atom stereocenters. The lowest BCUT2D eigenvalue weighted by Crippen LogP contribution is -2.42. The van der Waals surface area contributed by atoms with Gasteiger partial charge in [-0.2, -0.15) is 11.8 Å². The molecule has 0 radical (unpaired) electrons. The van der Waals surface area contributed by atoms with E-state index in [1.165, 1.54) is 19.2 Å². The summed E-state index contributed by atoms with van der Waals surface area (Å²) in [6.45, 7) is 0. The first-order valence-corrected chi connectivity index (χ1v) is 8.50. The number of carbonyl (C=O) groups excluding carboxylic acids is 2. The highest BCUT2D eigenvalue weighted by molar-refractivity contribution is 7.98. The second-order valence-electron chi connectivity index (χ2n) is 5.12. The molecule has 0 aliphatic rings. The lowest BCUT2D eigenvalue weighted by molar-refractivity contribution is -0.142. The summed E-state index contributed by atoms with van der Waals surface area (Å²) in [5.74, 6) is -0.499. The van der Waals surface area contributed by atoms with E-state index in [-0.39, 0.29) is 11.7 Å². The zero-order valence-electron chi connectivity index (χ0n) is 13.3. The molecule has 0 bridgehead atoms. The number of benzene rings is 1. The number of amides is 1. The van der Waals surface area contributed by atoms with Gasteiger partial charge in [0.1, 0.15) is 17.6 Å². The highest BCUT2D eigenvalue weighted by Gasteiger charge is 2.23. The van der Waals surface area contributed by atoms with Crippen LogP contribution in [0, 0.1) is 5.82 Å². The van der Waals surface area contributed by atoms with E-state index in [0.29, 0.717) is 17.5 Å². The minimum atomic E-state index is -0.699. The maximum atomic E-state index is 13.3. The summed E-state index contributed by atoms with van der Waals surface area (Å²) in [6.07, 6.45) is 2.41. The van der Waals surface area contributed by atoms with Crippen molar-refractivity contribution in [3.63, 3.8) is 0 Å². The molecule has 5 nitrogen and oxygen atoms in total. The average molecular weight is 338 g/mol. The van der Waals surface area contributed by atoms with Gasteiger partial charge < -0.3 is 14.6 Å². The van der Waals surface area contributed by atoms with Crippen LogP contribution < -0.4 is 5.32 Å². The topological polar surface area (TPSA) is 60.3 Å². The van der Waals surface area contributed by atoms with Crippen LogP contribution in [-0.2, 0) is 16.6 Å². The Morgan fingerprint density at radius 2 is 2.13 bits per heavy atom. The SMILES string of the molecule is COC(=O)[C@H](CCSC)NC(=O)c1cc2cc(F)ccc2n1C. The Morgan fingerprint density at radius 3 is 2.78 bits per heavy atom. The molecule has 1 aromatic carbocycles. The molecule has 2 rings (SSSR count). The van der Waals surface area contributed by atoms with Crippen molar-refractivity contribution in [3.05, 3.63) is 35.8 Å². The molecule has 7 heteroatoms. The van der Waals surface area contributed by atoms with Crippen LogP contribution in [0.2, 0.25) is 0 Å². The van der Waals surface area contributed by atoms with Crippen molar-refractivity contribution in [1.29, 1.82) is 0 Å². The second-order valence-corrected chi connectivity index (χ2v) is 6.11. The van der Waals surface area contributed by atoms with Crippen molar-refractivity contribution in [2.75, 3.05) is 19.1 Å². The molecule has 1 atom stereocenters. The summed E-state index contributed by atoms with van der Waals surface area (Å²) < 4.78 is 19.7. The maximum absolute atomic E-state index is 13.3. The van der Waals surface area contributed by atoms with Gasteiger partial charge in [0.25, 0.3) is 5.91 Å². The third-order valence-corrected chi connectivity index (χ3v) is 4.28. The van der Waals surface area contributed by atoms with Crippen LogP contribution in [-0.4, -0.2) is 41.6 Å². The van der Waals surface area contributed by atoms with Gasteiger partial charge in [0.2, 0.25) is 0 Å². The molecule has 1 amide bonds. The lowest BCUT2D eigenvalue weighted by atomic mass is 10.2. The Balaban J connectivity index is 2.25. The van der Waals surface area contributed by atoms with Gasteiger partial charge in [-0.15, -0.1) is 0 Å². The summed E-state index contributed by atoms with van der Waals surface area (Å²) in [7, 11) is 3.02. The number of rotatable bonds is 6. The number of nitrogens with one attached hydrogen (secondary N) is 1. The van der Waals surface area contributed by atoms with Crippen molar-refractivity contribution in [2.45, 2.75) is 12.5 Å². The van der Waals surface area contributed by atoms with E-state index in [1.54, 1.807) is 35.5 Å². The fourth-order valence-electron chi connectivity index (χ4n) is 2.40. The van der Waals surface area contributed by atoms with Gasteiger partial charge in [0, 0.05) is 18.0 Å². The Morgan fingerprint density at radius 1 is 1.39 bits per heavy atom. The molecule has 1 aromatic heterocycles. The van der Waals surface area contributed by atoms with Crippen molar-refractivity contribution in [3.8, 4) is 0 Å². The number of hydrogen-bond acceptors (Lipinski definition) is 4. The largest absolute Gasteiger partial charge is 0.467 e. The Bertz CT molecular complexity index is 729. The molecule has 23 heavy (non-hydrogen) atoms. The summed E-state index contributed by atoms with van der Waals surface area (Å²) in [5, 5.41) is 3.33. The molecule has 1 heterocycles. The van der Waals surface area contributed by atoms with Gasteiger partial charge in [-0.25, -0.2) is 9.18 Å². The summed E-state index contributed by atoms with van der Waals surface area (Å²) in [6, 6.07) is 5.25. The van der Waals surface area contributed by atoms with Crippen molar-refractivity contribution in [1.82, 2.24) is 9.88 Å². The van der Waals surface area contributed by atoms with E-state index in [4.69, 9.17) is 4.74 Å². The van der Waals surface area contributed by atoms with Gasteiger partial charge in [0.05, 0.1) is 7.11 Å². The third-order valence-electron chi connectivity index (χ3n) is 3.64. The molecule has 0 aliphatic heterocycles. The number of halogens is 1. The van der Waals surface area contributed by atoms with Crippen LogP contribution in [0.5, 0.6) is 0 Å². The standard InChI is InChI=1S/C16H19FN2O3S/c1-19-13-5-4-11(17)8-10(13)9-14(19)15(20)18-12(6-7-23-3)16(21)22-2/h4-5,8-9,12H,6-7H2,1-3H3,(H,18,20)/t12-/m0/s1. The van der Waals surface area contributed by atoms with Gasteiger partial charge >= 0.3 is 5.97 Å². The number of methoxy groups -OCH3 is 1. The molecule has 0 saturated carbocycles. The van der Waals surface area contributed by atoms with Crippen LogP contribution in [0.1, 0.15) is 16.9 Å². The monoisotopic (exact) mass is 338 g/mol. The molecule has 0 aliphatic carbocycles. The van der Waals surface area contributed by atoms with Crippen LogP contribution in [0.4, 0.5) is 4.39 Å². The van der Waals surface area contributed by atoms with Gasteiger partial charge in [-0.05, 0) is 42.7 Å². The molecule has 0 spiro atoms. The number of nitrogens with zero attached hydrogens (tertiary/aromatic N) is 1. The Kier molecular flexibility index (Phi) is 5.65. The number of ether oxygens (including phenoxy) is 1. The Labute approximate surface area is 138 Å². The highest BCUT2D eigenvalue weighted by Crippen LogP contribution is 2.20. The number of carbonyl (C=O) groups is 2. The maximum Gasteiger partial charge on any atom is 0.328 e. The Hall–Kier alpha value is -2.02. The first-order valence-electron chi connectivity index (χ1n) is 7.10.